The number of hydrogen-bond acceptors (Lipinski definition) is 4. The van der Waals surface area contributed by atoms with Gasteiger partial charge in [0.1, 0.15) is 5.25 Å². The number of carbonyl (C=O) groups excluding carboxylic acids is 1. The minimum atomic E-state index is -4.65. The third kappa shape index (κ3) is 2.38. The van der Waals surface area contributed by atoms with E-state index in [-0.39, 0.29) is 25.4 Å². The maximum Gasteiger partial charge on any atom is 0.307 e. The molecule has 1 unspecified atom stereocenters. The lowest BCUT2D eigenvalue weighted by Gasteiger charge is -2.15. The van der Waals surface area contributed by atoms with Gasteiger partial charge in [-0.15, -0.1) is 3.89 Å². The number of aryl methyl sites for hydroxylation is 1. The predicted octanol–water partition coefficient (Wildman–Crippen LogP) is 0.129. The fraction of sp³-hybridized carbons (Fsp3) is 0.600. The average molecular weight is 275 g/mol. The fourth-order valence-corrected chi connectivity index (χ4v) is 2.68. The lowest BCUT2D eigenvalue weighted by molar-refractivity contribution is -0.128. The summed E-state index contributed by atoms with van der Waals surface area (Å²) in [5.74, 6) is -0.343. The molecule has 1 fully saturated rings. The Hall–Kier alpha value is -1.44. The Balaban J connectivity index is 2.12. The standard InChI is InChI=1S/C10H14FN3O3S/c1-7-8(4-12-13(7)2)5-14-6-9(3-10(14)15)18(11,16)17/h4,9H,3,5-6H2,1-2H3. The average Bonchev–Trinajstić information content (AvgIpc) is 2.77. The number of nitrogens with zero attached hydrogens (tertiary/aromatic N) is 3. The molecule has 0 saturated carbocycles. The van der Waals surface area contributed by atoms with Gasteiger partial charge in [-0.05, 0) is 6.92 Å². The number of aromatic nitrogens is 2. The van der Waals surface area contributed by atoms with Crippen LogP contribution in [-0.4, -0.2) is 40.8 Å². The molecular weight excluding hydrogens is 261 g/mol. The minimum absolute atomic E-state index is 0.0913. The lowest BCUT2D eigenvalue weighted by Crippen LogP contribution is -2.27. The molecule has 0 radical (unpaired) electrons. The molecule has 1 saturated heterocycles. The molecule has 1 aliphatic heterocycles. The van der Waals surface area contributed by atoms with Crippen LogP contribution in [-0.2, 0) is 28.6 Å². The summed E-state index contributed by atoms with van der Waals surface area (Å²) in [6.07, 6.45) is 1.35. The molecule has 0 aromatic carbocycles. The van der Waals surface area contributed by atoms with E-state index in [1.54, 1.807) is 17.9 Å². The molecule has 1 aromatic heterocycles. The van der Waals surface area contributed by atoms with E-state index in [2.05, 4.69) is 5.10 Å². The molecule has 0 N–H and O–H groups in total. The van der Waals surface area contributed by atoms with Crippen molar-refractivity contribution in [1.29, 1.82) is 0 Å². The van der Waals surface area contributed by atoms with E-state index >= 15 is 0 Å². The second kappa shape index (κ2) is 4.34. The molecule has 1 amide bonds. The van der Waals surface area contributed by atoms with Crippen molar-refractivity contribution in [3.8, 4) is 0 Å². The van der Waals surface area contributed by atoms with Gasteiger partial charge < -0.3 is 4.90 Å². The highest BCUT2D eigenvalue weighted by atomic mass is 32.3. The maximum atomic E-state index is 12.8. The SMILES string of the molecule is Cc1c(CN2CC(S(=O)(=O)F)CC2=O)cnn1C. The van der Waals surface area contributed by atoms with Crippen LogP contribution in [0.5, 0.6) is 0 Å². The first-order chi connectivity index (χ1) is 8.29. The third-order valence-electron chi connectivity index (χ3n) is 3.28. The van der Waals surface area contributed by atoms with Crippen molar-refractivity contribution in [2.45, 2.75) is 25.1 Å². The van der Waals surface area contributed by atoms with Crippen molar-refractivity contribution in [2.24, 2.45) is 7.05 Å². The van der Waals surface area contributed by atoms with Crippen LogP contribution in [0.4, 0.5) is 3.89 Å². The monoisotopic (exact) mass is 275 g/mol. The molecule has 1 aliphatic rings. The molecule has 18 heavy (non-hydrogen) atoms. The first-order valence-corrected chi connectivity index (χ1v) is 6.92. The Morgan fingerprint density at radius 2 is 2.22 bits per heavy atom. The smallest absolute Gasteiger partial charge is 0.307 e. The first kappa shape index (κ1) is 13.0. The van der Waals surface area contributed by atoms with Gasteiger partial charge in [-0.3, -0.25) is 9.48 Å². The molecule has 1 atom stereocenters. The quantitative estimate of drug-likeness (QED) is 0.735. The van der Waals surface area contributed by atoms with E-state index in [0.717, 1.165) is 11.3 Å². The third-order valence-corrected chi connectivity index (χ3v) is 4.39. The summed E-state index contributed by atoms with van der Waals surface area (Å²) >= 11 is 0. The lowest BCUT2D eigenvalue weighted by atomic mass is 10.2. The number of halogens is 1. The first-order valence-electron chi connectivity index (χ1n) is 5.47. The summed E-state index contributed by atoms with van der Waals surface area (Å²) in [7, 11) is -2.87. The molecular formula is C10H14FN3O3S. The van der Waals surface area contributed by atoms with Crippen molar-refractivity contribution in [3.63, 3.8) is 0 Å². The van der Waals surface area contributed by atoms with Crippen molar-refractivity contribution in [2.75, 3.05) is 6.54 Å². The van der Waals surface area contributed by atoms with Crippen LogP contribution < -0.4 is 0 Å². The summed E-state index contributed by atoms with van der Waals surface area (Å²) in [6, 6.07) is 0. The number of likely N-dealkylation sites (tertiary alicyclic amines) is 1. The van der Waals surface area contributed by atoms with E-state index in [4.69, 9.17) is 0 Å². The molecule has 2 heterocycles. The van der Waals surface area contributed by atoms with Crippen LogP contribution in [0.3, 0.4) is 0 Å². The van der Waals surface area contributed by atoms with E-state index in [1.807, 2.05) is 6.92 Å². The molecule has 0 bridgehead atoms. The summed E-state index contributed by atoms with van der Waals surface area (Å²) in [6.45, 7) is 2.03. The van der Waals surface area contributed by atoms with Crippen molar-refractivity contribution in [3.05, 3.63) is 17.5 Å². The number of hydrogen-bond donors (Lipinski definition) is 0. The molecule has 0 spiro atoms. The Bertz CT molecular complexity index is 581. The molecule has 6 nitrogen and oxygen atoms in total. The van der Waals surface area contributed by atoms with Crippen molar-refractivity contribution >= 4 is 16.1 Å². The van der Waals surface area contributed by atoms with E-state index < -0.39 is 15.5 Å². The van der Waals surface area contributed by atoms with E-state index in [1.165, 1.54) is 4.90 Å². The summed E-state index contributed by atoms with van der Waals surface area (Å²) in [4.78, 5) is 13.0. The molecule has 1 aromatic rings. The number of carbonyl (C=O) groups is 1. The molecule has 0 aliphatic carbocycles. The summed E-state index contributed by atoms with van der Waals surface area (Å²) in [5, 5.41) is 2.80. The zero-order chi connectivity index (χ0) is 13.5. The van der Waals surface area contributed by atoms with E-state index in [0.29, 0.717) is 0 Å². The van der Waals surface area contributed by atoms with Crippen LogP contribution in [0.15, 0.2) is 6.20 Å². The van der Waals surface area contributed by atoms with Gasteiger partial charge in [0.05, 0.1) is 6.20 Å². The summed E-state index contributed by atoms with van der Waals surface area (Å²) in [5.41, 5.74) is 1.73. The Labute approximate surface area is 105 Å². The Kier molecular flexibility index (Phi) is 3.14. The van der Waals surface area contributed by atoms with Crippen molar-refractivity contribution < 1.29 is 17.1 Å². The molecule has 100 valence electrons. The van der Waals surface area contributed by atoms with Crippen LogP contribution in [0, 0.1) is 6.92 Å². The number of amides is 1. The van der Waals surface area contributed by atoms with Crippen LogP contribution in [0.1, 0.15) is 17.7 Å². The normalized spacial score (nSPS) is 20.7. The molecule has 2 rings (SSSR count). The predicted molar refractivity (Wildman–Crippen MR) is 61.8 cm³/mol. The highest BCUT2D eigenvalue weighted by molar-refractivity contribution is 7.87. The van der Waals surface area contributed by atoms with Gasteiger partial charge in [0, 0.05) is 37.8 Å². The van der Waals surface area contributed by atoms with Gasteiger partial charge in [-0.25, -0.2) is 0 Å². The zero-order valence-electron chi connectivity index (χ0n) is 10.1. The zero-order valence-corrected chi connectivity index (χ0v) is 10.9. The summed E-state index contributed by atoms with van der Waals surface area (Å²) < 4.78 is 36.1. The van der Waals surface area contributed by atoms with Crippen LogP contribution in [0.2, 0.25) is 0 Å². The van der Waals surface area contributed by atoms with Gasteiger partial charge in [0.2, 0.25) is 5.91 Å². The maximum absolute atomic E-state index is 12.8. The van der Waals surface area contributed by atoms with Gasteiger partial charge in [-0.2, -0.15) is 13.5 Å². The van der Waals surface area contributed by atoms with Gasteiger partial charge in [-0.1, -0.05) is 0 Å². The second-order valence-corrected chi connectivity index (χ2v) is 6.07. The highest BCUT2D eigenvalue weighted by Gasteiger charge is 2.38. The van der Waals surface area contributed by atoms with Gasteiger partial charge in [0.25, 0.3) is 0 Å². The Morgan fingerprint density at radius 3 is 2.67 bits per heavy atom. The van der Waals surface area contributed by atoms with E-state index in [9.17, 15) is 17.1 Å². The topological polar surface area (TPSA) is 72.3 Å². The highest BCUT2D eigenvalue weighted by Crippen LogP contribution is 2.22. The largest absolute Gasteiger partial charge is 0.337 e. The van der Waals surface area contributed by atoms with Crippen LogP contribution in [0.25, 0.3) is 0 Å². The van der Waals surface area contributed by atoms with Gasteiger partial charge >= 0.3 is 10.2 Å². The second-order valence-electron chi connectivity index (χ2n) is 4.45. The van der Waals surface area contributed by atoms with Gasteiger partial charge in [0.15, 0.2) is 0 Å². The van der Waals surface area contributed by atoms with Crippen LogP contribution >= 0.6 is 0 Å². The molecule has 8 heteroatoms. The minimum Gasteiger partial charge on any atom is -0.337 e. The number of rotatable bonds is 3. The fourth-order valence-electron chi connectivity index (χ4n) is 1.98. The Morgan fingerprint density at radius 1 is 1.56 bits per heavy atom. The van der Waals surface area contributed by atoms with Crippen molar-refractivity contribution in [1.82, 2.24) is 14.7 Å².